The molecular formula is C12H13NO4S2. The van der Waals surface area contributed by atoms with Crippen molar-refractivity contribution >= 4 is 27.0 Å². The Morgan fingerprint density at radius 2 is 2.11 bits per heavy atom. The van der Waals surface area contributed by atoms with Gasteiger partial charge in [0.2, 0.25) is 0 Å². The summed E-state index contributed by atoms with van der Waals surface area (Å²) in [6.07, 6.45) is 0. The van der Waals surface area contributed by atoms with Gasteiger partial charge in [0.1, 0.15) is 5.75 Å². The quantitative estimate of drug-likeness (QED) is 0.886. The van der Waals surface area contributed by atoms with Gasteiger partial charge in [-0.05, 0) is 18.2 Å². The van der Waals surface area contributed by atoms with Crippen molar-refractivity contribution in [3.8, 4) is 5.75 Å². The van der Waals surface area contributed by atoms with Crippen LogP contribution >= 0.6 is 11.3 Å². The van der Waals surface area contributed by atoms with Crippen molar-refractivity contribution < 1.29 is 18.3 Å². The number of para-hydroxylation sites is 2. The molecule has 2 N–H and O–H groups in total. The van der Waals surface area contributed by atoms with E-state index in [-0.39, 0.29) is 11.5 Å². The fraction of sp³-hybridized carbons (Fsp3) is 0.167. The molecule has 0 aliphatic rings. The summed E-state index contributed by atoms with van der Waals surface area (Å²) in [5, 5.41) is 10.5. The molecule has 0 aliphatic carbocycles. The number of methoxy groups -OCH3 is 1. The van der Waals surface area contributed by atoms with Crippen molar-refractivity contribution in [2.75, 3.05) is 11.8 Å². The van der Waals surface area contributed by atoms with Crippen LogP contribution in [0.5, 0.6) is 5.75 Å². The number of anilines is 1. The Bertz CT molecular complexity index is 664. The first-order valence-electron chi connectivity index (χ1n) is 5.41. The molecule has 19 heavy (non-hydrogen) atoms. The van der Waals surface area contributed by atoms with Crippen molar-refractivity contribution in [1.29, 1.82) is 0 Å². The summed E-state index contributed by atoms with van der Waals surface area (Å²) in [6.45, 7) is -0.172. The van der Waals surface area contributed by atoms with E-state index < -0.39 is 10.0 Å². The second kappa shape index (κ2) is 5.60. The lowest BCUT2D eigenvalue weighted by atomic mass is 10.3. The highest BCUT2D eigenvalue weighted by molar-refractivity contribution is 7.92. The lowest BCUT2D eigenvalue weighted by molar-refractivity contribution is 0.285. The normalized spacial score (nSPS) is 11.3. The molecule has 0 aliphatic heterocycles. The molecule has 0 radical (unpaired) electrons. The Morgan fingerprint density at radius 1 is 1.37 bits per heavy atom. The minimum atomic E-state index is -3.67. The van der Waals surface area contributed by atoms with Gasteiger partial charge in [0.15, 0.2) is 0 Å². The Balaban J connectivity index is 2.31. The predicted octanol–water partition coefficient (Wildman–Crippen LogP) is 2.05. The van der Waals surface area contributed by atoms with Crippen LogP contribution in [-0.2, 0) is 16.6 Å². The van der Waals surface area contributed by atoms with Gasteiger partial charge in [0.05, 0.1) is 24.3 Å². The molecule has 1 heterocycles. The minimum absolute atomic E-state index is 0.132. The van der Waals surface area contributed by atoms with Crippen LogP contribution in [0.4, 0.5) is 5.69 Å². The van der Waals surface area contributed by atoms with E-state index in [4.69, 9.17) is 9.84 Å². The van der Waals surface area contributed by atoms with E-state index in [1.54, 1.807) is 24.3 Å². The summed E-state index contributed by atoms with van der Waals surface area (Å²) < 4.78 is 31.9. The van der Waals surface area contributed by atoms with Gasteiger partial charge in [-0.3, -0.25) is 4.72 Å². The van der Waals surface area contributed by atoms with Crippen molar-refractivity contribution in [1.82, 2.24) is 0 Å². The van der Waals surface area contributed by atoms with Crippen LogP contribution in [0, 0.1) is 0 Å². The third-order valence-electron chi connectivity index (χ3n) is 2.45. The number of hydrogen-bond acceptors (Lipinski definition) is 5. The molecule has 0 fully saturated rings. The highest BCUT2D eigenvalue weighted by atomic mass is 32.2. The summed E-state index contributed by atoms with van der Waals surface area (Å²) in [5.74, 6) is 0.448. The molecule has 0 amide bonds. The molecule has 0 spiro atoms. The molecule has 0 bridgehead atoms. The minimum Gasteiger partial charge on any atom is -0.495 e. The van der Waals surface area contributed by atoms with Crippen LogP contribution in [0.15, 0.2) is 40.6 Å². The van der Waals surface area contributed by atoms with Gasteiger partial charge in [-0.15, -0.1) is 11.3 Å². The topological polar surface area (TPSA) is 75.6 Å². The van der Waals surface area contributed by atoms with E-state index in [1.165, 1.54) is 29.9 Å². The van der Waals surface area contributed by atoms with Crippen LogP contribution < -0.4 is 9.46 Å². The molecule has 2 rings (SSSR count). The van der Waals surface area contributed by atoms with Crippen LogP contribution in [0.3, 0.4) is 0 Å². The third-order valence-corrected chi connectivity index (χ3v) is 4.86. The molecule has 2 aromatic rings. The number of ether oxygens (including phenoxy) is 1. The van der Waals surface area contributed by atoms with Crippen molar-refractivity contribution in [3.63, 3.8) is 0 Å². The maximum absolute atomic E-state index is 12.2. The van der Waals surface area contributed by atoms with Gasteiger partial charge in [0, 0.05) is 10.3 Å². The molecule has 0 unspecified atom stereocenters. The van der Waals surface area contributed by atoms with Crippen molar-refractivity contribution in [2.45, 2.75) is 11.5 Å². The first-order valence-corrected chi connectivity index (χ1v) is 7.77. The van der Waals surface area contributed by atoms with Gasteiger partial charge in [-0.1, -0.05) is 12.1 Å². The molecule has 1 aromatic heterocycles. The molecule has 0 atom stereocenters. The predicted molar refractivity (Wildman–Crippen MR) is 74.0 cm³/mol. The van der Waals surface area contributed by atoms with E-state index in [0.717, 1.165) is 0 Å². The highest BCUT2D eigenvalue weighted by Gasteiger charge is 2.17. The van der Waals surface area contributed by atoms with Crippen LogP contribution in [0.2, 0.25) is 0 Å². The highest BCUT2D eigenvalue weighted by Crippen LogP contribution is 2.27. The van der Waals surface area contributed by atoms with Crippen LogP contribution in [-0.4, -0.2) is 20.6 Å². The summed E-state index contributed by atoms with van der Waals surface area (Å²) in [6, 6.07) is 8.21. The fourth-order valence-corrected chi connectivity index (χ4v) is 3.72. The van der Waals surface area contributed by atoms with Gasteiger partial charge in [-0.2, -0.15) is 0 Å². The van der Waals surface area contributed by atoms with Gasteiger partial charge < -0.3 is 9.84 Å². The Hall–Kier alpha value is -1.57. The van der Waals surface area contributed by atoms with Gasteiger partial charge >= 0.3 is 0 Å². The Morgan fingerprint density at radius 3 is 2.74 bits per heavy atom. The molecule has 0 saturated carbocycles. The monoisotopic (exact) mass is 299 g/mol. The second-order valence-electron chi connectivity index (χ2n) is 3.71. The van der Waals surface area contributed by atoms with E-state index in [2.05, 4.69) is 4.72 Å². The molecule has 1 aromatic carbocycles. The first kappa shape index (κ1) is 13.9. The summed E-state index contributed by atoms with van der Waals surface area (Å²) in [5.41, 5.74) is 0.377. The maximum atomic E-state index is 12.2. The van der Waals surface area contributed by atoms with Crippen LogP contribution in [0.1, 0.15) is 4.88 Å². The Labute approximate surface area is 115 Å². The maximum Gasteiger partial charge on any atom is 0.262 e. The SMILES string of the molecule is COc1ccccc1NS(=O)(=O)c1csc(CO)c1. The van der Waals surface area contributed by atoms with Crippen molar-refractivity contribution in [3.05, 3.63) is 40.6 Å². The number of rotatable bonds is 5. The average Bonchev–Trinajstić information content (AvgIpc) is 2.88. The lowest BCUT2D eigenvalue weighted by Crippen LogP contribution is -2.12. The average molecular weight is 299 g/mol. The number of thiophene rings is 1. The number of sulfonamides is 1. The van der Waals surface area contributed by atoms with E-state index in [0.29, 0.717) is 16.3 Å². The zero-order chi connectivity index (χ0) is 13.9. The number of aliphatic hydroxyl groups is 1. The summed E-state index contributed by atoms with van der Waals surface area (Å²) >= 11 is 1.20. The zero-order valence-corrected chi connectivity index (χ0v) is 11.8. The molecular weight excluding hydrogens is 286 g/mol. The van der Waals surface area contributed by atoms with E-state index in [9.17, 15) is 8.42 Å². The lowest BCUT2D eigenvalue weighted by Gasteiger charge is -2.10. The smallest absolute Gasteiger partial charge is 0.262 e. The first-order chi connectivity index (χ1) is 9.06. The Kier molecular flexibility index (Phi) is 4.08. The molecule has 5 nitrogen and oxygen atoms in total. The van der Waals surface area contributed by atoms with E-state index in [1.807, 2.05) is 0 Å². The third kappa shape index (κ3) is 3.06. The number of nitrogens with one attached hydrogen (secondary N) is 1. The zero-order valence-electron chi connectivity index (χ0n) is 10.2. The molecule has 7 heteroatoms. The number of hydrogen-bond donors (Lipinski definition) is 2. The van der Waals surface area contributed by atoms with Gasteiger partial charge in [-0.25, -0.2) is 8.42 Å². The molecule has 102 valence electrons. The molecule has 0 saturated heterocycles. The largest absolute Gasteiger partial charge is 0.495 e. The summed E-state index contributed by atoms with van der Waals surface area (Å²) in [4.78, 5) is 0.729. The number of aliphatic hydroxyl groups excluding tert-OH is 1. The van der Waals surface area contributed by atoms with Gasteiger partial charge in [0.25, 0.3) is 10.0 Å². The van der Waals surface area contributed by atoms with Crippen LogP contribution in [0.25, 0.3) is 0 Å². The summed E-state index contributed by atoms with van der Waals surface area (Å²) in [7, 11) is -2.19. The number of benzene rings is 1. The van der Waals surface area contributed by atoms with Crippen molar-refractivity contribution in [2.24, 2.45) is 0 Å². The second-order valence-corrected chi connectivity index (χ2v) is 6.39. The standard InChI is InChI=1S/C12H13NO4S2/c1-17-12-5-3-2-4-11(12)13-19(15,16)10-6-9(7-14)18-8-10/h2-6,8,13-14H,7H2,1H3. The van der Waals surface area contributed by atoms with E-state index >= 15 is 0 Å². The fourth-order valence-electron chi connectivity index (χ4n) is 1.52.